The van der Waals surface area contributed by atoms with Crippen molar-refractivity contribution in [2.45, 2.75) is 26.2 Å². The van der Waals surface area contributed by atoms with Crippen molar-refractivity contribution < 1.29 is 14.4 Å². The molecule has 22 heavy (non-hydrogen) atoms. The minimum absolute atomic E-state index is 0.0531. The third-order valence-corrected chi connectivity index (χ3v) is 2.97. The van der Waals surface area contributed by atoms with Crippen molar-refractivity contribution in [1.82, 2.24) is 15.5 Å². The van der Waals surface area contributed by atoms with Crippen LogP contribution in [0.1, 0.15) is 32.0 Å². The maximum absolute atomic E-state index is 11.6. The summed E-state index contributed by atoms with van der Waals surface area (Å²) < 4.78 is 5.21. The van der Waals surface area contributed by atoms with E-state index < -0.39 is 0 Å². The largest absolute Gasteiger partial charge is 0.396 e. The predicted octanol–water partition coefficient (Wildman–Crippen LogP) is 2.36. The SMILES string of the molecule is CC(C)c1noc(-c2ccc(NC(=O)NCCCO)cc2)n1. The molecule has 0 aliphatic rings. The zero-order valence-electron chi connectivity index (χ0n) is 12.7. The van der Waals surface area contributed by atoms with Gasteiger partial charge in [-0.25, -0.2) is 4.79 Å². The first kappa shape index (κ1) is 16.0. The van der Waals surface area contributed by atoms with Gasteiger partial charge in [0.2, 0.25) is 0 Å². The second kappa shape index (κ2) is 7.56. The average Bonchev–Trinajstić information content (AvgIpc) is 2.98. The van der Waals surface area contributed by atoms with E-state index in [1.54, 1.807) is 24.3 Å². The lowest BCUT2D eigenvalue weighted by molar-refractivity contribution is 0.249. The molecule has 2 aromatic rings. The zero-order valence-corrected chi connectivity index (χ0v) is 12.7. The molecular weight excluding hydrogens is 284 g/mol. The molecule has 2 rings (SSSR count). The van der Waals surface area contributed by atoms with Crippen LogP contribution in [-0.2, 0) is 0 Å². The number of hydrogen-bond donors (Lipinski definition) is 3. The van der Waals surface area contributed by atoms with Crippen molar-refractivity contribution in [1.29, 1.82) is 0 Å². The molecule has 0 saturated heterocycles. The molecule has 1 heterocycles. The first-order valence-corrected chi connectivity index (χ1v) is 7.20. The highest BCUT2D eigenvalue weighted by Crippen LogP contribution is 2.21. The second-order valence-corrected chi connectivity index (χ2v) is 5.15. The number of carbonyl (C=O) groups excluding carboxylic acids is 1. The highest BCUT2D eigenvalue weighted by molar-refractivity contribution is 5.89. The summed E-state index contributed by atoms with van der Waals surface area (Å²) in [5.74, 6) is 1.34. The normalized spacial score (nSPS) is 10.7. The smallest absolute Gasteiger partial charge is 0.319 e. The lowest BCUT2D eigenvalue weighted by Gasteiger charge is -2.07. The predicted molar refractivity (Wildman–Crippen MR) is 82.5 cm³/mol. The number of aliphatic hydroxyl groups is 1. The van der Waals surface area contributed by atoms with Crippen molar-refractivity contribution in [3.05, 3.63) is 30.1 Å². The van der Waals surface area contributed by atoms with Crippen LogP contribution in [0.15, 0.2) is 28.8 Å². The molecule has 0 unspecified atom stereocenters. The number of hydrogen-bond acceptors (Lipinski definition) is 5. The van der Waals surface area contributed by atoms with Gasteiger partial charge in [-0.2, -0.15) is 4.98 Å². The van der Waals surface area contributed by atoms with E-state index in [1.807, 2.05) is 13.8 Å². The standard InChI is InChI=1S/C15H20N4O3/c1-10(2)13-18-14(22-19-13)11-4-6-12(7-5-11)17-15(21)16-8-3-9-20/h4-7,10,20H,3,8-9H2,1-2H3,(H2,16,17,21). The Labute approximate surface area is 128 Å². The number of anilines is 1. The number of nitrogens with zero attached hydrogens (tertiary/aromatic N) is 2. The Morgan fingerprint density at radius 2 is 2.05 bits per heavy atom. The molecule has 0 aliphatic carbocycles. The first-order valence-electron chi connectivity index (χ1n) is 7.20. The van der Waals surface area contributed by atoms with Crippen LogP contribution in [0.3, 0.4) is 0 Å². The van der Waals surface area contributed by atoms with Crippen LogP contribution in [0.2, 0.25) is 0 Å². The third kappa shape index (κ3) is 4.29. The number of nitrogens with one attached hydrogen (secondary N) is 2. The van der Waals surface area contributed by atoms with Gasteiger partial charge in [-0.15, -0.1) is 0 Å². The summed E-state index contributed by atoms with van der Waals surface area (Å²) in [5.41, 5.74) is 1.46. The molecule has 118 valence electrons. The highest BCUT2D eigenvalue weighted by Gasteiger charge is 2.11. The van der Waals surface area contributed by atoms with Gasteiger partial charge in [0, 0.05) is 30.3 Å². The lowest BCUT2D eigenvalue weighted by Crippen LogP contribution is -2.29. The van der Waals surface area contributed by atoms with Gasteiger partial charge < -0.3 is 20.3 Å². The minimum atomic E-state index is -0.305. The third-order valence-electron chi connectivity index (χ3n) is 2.97. The molecule has 3 N–H and O–H groups in total. The highest BCUT2D eigenvalue weighted by atomic mass is 16.5. The molecule has 2 amide bonds. The summed E-state index contributed by atoms with van der Waals surface area (Å²) >= 11 is 0. The number of benzene rings is 1. The van der Waals surface area contributed by atoms with E-state index in [4.69, 9.17) is 9.63 Å². The summed E-state index contributed by atoms with van der Waals surface area (Å²) in [5, 5.41) is 17.9. The van der Waals surface area contributed by atoms with E-state index in [9.17, 15) is 4.79 Å². The molecule has 0 bridgehead atoms. The van der Waals surface area contributed by atoms with Crippen LogP contribution in [0.25, 0.3) is 11.5 Å². The molecule has 1 aromatic heterocycles. The molecule has 0 spiro atoms. The molecule has 7 heteroatoms. The van der Waals surface area contributed by atoms with Crippen molar-refractivity contribution in [2.24, 2.45) is 0 Å². The quantitative estimate of drug-likeness (QED) is 0.711. The number of urea groups is 1. The summed E-state index contributed by atoms with van der Waals surface area (Å²) in [6.07, 6.45) is 0.529. The van der Waals surface area contributed by atoms with Gasteiger partial charge in [0.1, 0.15) is 0 Å². The van der Waals surface area contributed by atoms with Gasteiger partial charge in [0.05, 0.1) is 0 Å². The number of amides is 2. The Morgan fingerprint density at radius 3 is 2.64 bits per heavy atom. The number of carbonyl (C=O) groups is 1. The number of rotatable bonds is 6. The van der Waals surface area contributed by atoms with Gasteiger partial charge in [0.25, 0.3) is 5.89 Å². The van der Waals surface area contributed by atoms with Crippen molar-refractivity contribution in [3.8, 4) is 11.5 Å². The van der Waals surface area contributed by atoms with Crippen molar-refractivity contribution >= 4 is 11.7 Å². The van der Waals surface area contributed by atoms with Crippen LogP contribution >= 0.6 is 0 Å². The zero-order chi connectivity index (χ0) is 15.9. The van der Waals surface area contributed by atoms with Crippen LogP contribution in [0.4, 0.5) is 10.5 Å². The van der Waals surface area contributed by atoms with E-state index >= 15 is 0 Å². The fourth-order valence-electron chi connectivity index (χ4n) is 1.74. The van der Waals surface area contributed by atoms with E-state index in [2.05, 4.69) is 20.8 Å². The van der Waals surface area contributed by atoms with E-state index in [0.717, 1.165) is 5.56 Å². The average molecular weight is 304 g/mol. The molecule has 0 radical (unpaired) electrons. The summed E-state index contributed by atoms with van der Waals surface area (Å²) in [6.45, 7) is 4.48. The molecule has 1 aromatic carbocycles. The van der Waals surface area contributed by atoms with Crippen LogP contribution in [0.5, 0.6) is 0 Å². The van der Waals surface area contributed by atoms with Gasteiger partial charge in [-0.05, 0) is 30.7 Å². The Morgan fingerprint density at radius 1 is 1.32 bits per heavy atom. The second-order valence-electron chi connectivity index (χ2n) is 5.15. The van der Waals surface area contributed by atoms with Crippen LogP contribution in [0, 0.1) is 0 Å². The first-order chi connectivity index (χ1) is 10.6. The van der Waals surface area contributed by atoms with Crippen LogP contribution < -0.4 is 10.6 Å². The summed E-state index contributed by atoms with van der Waals surface area (Å²) in [7, 11) is 0. The van der Waals surface area contributed by atoms with Gasteiger partial charge >= 0.3 is 6.03 Å². The van der Waals surface area contributed by atoms with Crippen molar-refractivity contribution in [3.63, 3.8) is 0 Å². The Kier molecular flexibility index (Phi) is 5.48. The summed E-state index contributed by atoms with van der Waals surface area (Å²) in [4.78, 5) is 15.9. The maximum Gasteiger partial charge on any atom is 0.319 e. The van der Waals surface area contributed by atoms with Gasteiger partial charge in [-0.3, -0.25) is 0 Å². The Hall–Kier alpha value is -2.41. The number of aromatic nitrogens is 2. The molecule has 0 saturated carbocycles. The van der Waals surface area contributed by atoms with E-state index in [0.29, 0.717) is 30.4 Å². The Bertz CT molecular complexity index is 608. The fourth-order valence-corrected chi connectivity index (χ4v) is 1.74. The van der Waals surface area contributed by atoms with E-state index in [-0.39, 0.29) is 18.6 Å². The lowest BCUT2D eigenvalue weighted by atomic mass is 10.2. The molecule has 0 atom stereocenters. The molecule has 0 fully saturated rings. The number of aliphatic hydroxyl groups excluding tert-OH is 1. The molecule has 0 aliphatic heterocycles. The Balaban J connectivity index is 1.96. The fraction of sp³-hybridized carbons (Fsp3) is 0.400. The topological polar surface area (TPSA) is 100 Å². The minimum Gasteiger partial charge on any atom is -0.396 e. The van der Waals surface area contributed by atoms with E-state index in [1.165, 1.54) is 0 Å². The van der Waals surface area contributed by atoms with Crippen molar-refractivity contribution in [2.75, 3.05) is 18.5 Å². The van der Waals surface area contributed by atoms with Gasteiger partial charge in [0.15, 0.2) is 5.82 Å². The van der Waals surface area contributed by atoms with Crippen LogP contribution in [-0.4, -0.2) is 34.4 Å². The van der Waals surface area contributed by atoms with Gasteiger partial charge in [-0.1, -0.05) is 19.0 Å². The monoisotopic (exact) mass is 304 g/mol. The molecule has 7 nitrogen and oxygen atoms in total. The molecular formula is C15H20N4O3. The summed E-state index contributed by atoms with van der Waals surface area (Å²) in [6, 6.07) is 6.84. The maximum atomic E-state index is 11.6.